The van der Waals surface area contributed by atoms with Gasteiger partial charge >= 0.3 is 0 Å². The first-order valence-corrected chi connectivity index (χ1v) is 7.25. The molecule has 0 aliphatic heterocycles. The fourth-order valence-electron chi connectivity index (χ4n) is 1.62. The van der Waals surface area contributed by atoms with E-state index in [4.69, 9.17) is 11.6 Å². The van der Waals surface area contributed by atoms with E-state index < -0.39 is 0 Å². The Bertz CT molecular complexity index is 347. The highest BCUT2D eigenvalue weighted by Gasteiger charge is 2.12. The molecule has 0 unspecified atom stereocenters. The summed E-state index contributed by atoms with van der Waals surface area (Å²) in [5, 5.41) is 1.52. The van der Waals surface area contributed by atoms with Gasteiger partial charge in [-0.15, -0.1) is 0 Å². The highest BCUT2D eigenvalue weighted by Crippen LogP contribution is 2.11. The van der Waals surface area contributed by atoms with Gasteiger partial charge < -0.3 is 4.90 Å². The summed E-state index contributed by atoms with van der Waals surface area (Å²) in [6, 6.07) is 7.44. The van der Waals surface area contributed by atoms with Gasteiger partial charge in [-0.25, -0.2) is 0 Å². The molecule has 0 fully saturated rings. The van der Waals surface area contributed by atoms with Crippen molar-refractivity contribution in [1.29, 1.82) is 0 Å². The maximum absolute atomic E-state index is 12.0. The smallest absolute Gasteiger partial charge is 0.227 e. The van der Waals surface area contributed by atoms with Gasteiger partial charge in [0, 0.05) is 23.4 Å². The molecule has 0 bridgehead atoms. The molecule has 0 aliphatic carbocycles. The Hall–Kier alpha value is -0.540. The standard InChI is InChI=1S/C13H17BrClNO/c1-2-8-16(9-7-14)13(17)10-11-3-5-12(15)6-4-11/h3-6H,2,7-10H2,1H3. The second-order valence-electron chi connectivity index (χ2n) is 3.87. The van der Waals surface area contributed by atoms with Crippen LogP contribution in [0.3, 0.4) is 0 Å². The number of benzene rings is 1. The van der Waals surface area contributed by atoms with Crippen molar-refractivity contribution < 1.29 is 4.79 Å². The van der Waals surface area contributed by atoms with Crippen LogP contribution in [0, 0.1) is 0 Å². The minimum atomic E-state index is 0.175. The van der Waals surface area contributed by atoms with Crippen molar-refractivity contribution in [2.24, 2.45) is 0 Å². The van der Waals surface area contributed by atoms with Crippen LogP contribution in [0.2, 0.25) is 5.02 Å². The van der Waals surface area contributed by atoms with E-state index >= 15 is 0 Å². The molecular formula is C13H17BrClNO. The van der Waals surface area contributed by atoms with Crippen LogP contribution in [-0.4, -0.2) is 29.2 Å². The number of halogens is 2. The van der Waals surface area contributed by atoms with Crippen LogP contribution in [0.1, 0.15) is 18.9 Å². The first kappa shape index (κ1) is 14.5. The van der Waals surface area contributed by atoms with Crippen LogP contribution in [0.25, 0.3) is 0 Å². The lowest BCUT2D eigenvalue weighted by atomic mass is 10.1. The lowest BCUT2D eigenvalue weighted by Gasteiger charge is -2.21. The Balaban J connectivity index is 2.59. The van der Waals surface area contributed by atoms with E-state index in [1.54, 1.807) is 0 Å². The third-order valence-electron chi connectivity index (χ3n) is 2.47. The van der Waals surface area contributed by atoms with Gasteiger partial charge in [0.15, 0.2) is 0 Å². The summed E-state index contributed by atoms with van der Waals surface area (Å²) in [5.74, 6) is 0.175. The number of carbonyl (C=O) groups is 1. The van der Waals surface area contributed by atoms with Crippen LogP contribution in [-0.2, 0) is 11.2 Å². The molecule has 0 spiro atoms. The zero-order valence-electron chi connectivity index (χ0n) is 9.96. The predicted octanol–water partition coefficient (Wildman–Crippen LogP) is 3.52. The van der Waals surface area contributed by atoms with Crippen molar-refractivity contribution in [1.82, 2.24) is 4.90 Å². The van der Waals surface area contributed by atoms with Gasteiger partial charge in [-0.05, 0) is 24.1 Å². The molecule has 0 N–H and O–H groups in total. The van der Waals surface area contributed by atoms with E-state index in [2.05, 4.69) is 22.9 Å². The second-order valence-corrected chi connectivity index (χ2v) is 5.10. The van der Waals surface area contributed by atoms with E-state index in [1.165, 1.54) is 0 Å². The molecule has 4 heteroatoms. The SMILES string of the molecule is CCCN(CCBr)C(=O)Cc1ccc(Cl)cc1. The van der Waals surface area contributed by atoms with Gasteiger partial charge in [-0.2, -0.15) is 0 Å². The number of carbonyl (C=O) groups excluding carboxylic acids is 1. The first-order valence-electron chi connectivity index (χ1n) is 5.75. The van der Waals surface area contributed by atoms with E-state index in [0.717, 1.165) is 30.4 Å². The van der Waals surface area contributed by atoms with Gasteiger partial charge in [0.2, 0.25) is 5.91 Å². The Morgan fingerprint density at radius 1 is 1.29 bits per heavy atom. The van der Waals surface area contributed by atoms with Crippen LogP contribution < -0.4 is 0 Å². The quantitative estimate of drug-likeness (QED) is 0.735. The Kier molecular flexibility index (Phi) is 6.60. The molecule has 0 saturated carbocycles. The first-order chi connectivity index (χ1) is 8.17. The van der Waals surface area contributed by atoms with Gasteiger partial charge in [0.1, 0.15) is 0 Å². The summed E-state index contributed by atoms with van der Waals surface area (Å²) in [6.07, 6.45) is 1.43. The molecule has 0 saturated heterocycles. The Labute approximate surface area is 116 Å². The molecule has 2 nitrogen and oxygen atoms in total. The third-order valence-corrected chi connectivity index (χ3v) is 3.08. The van der Waals surface area contributed by atoms with Crippen molar-refractivity contribution in [3.05, 3.63) is 34.9 Å². The highest BCUT2D eigenvalue weighted by atomic mass is 79.9. The van der Waals surface area contributed by atoms with Crippen molar-refractivity contribution in [2.45, 2.75) is 19.8 Å². The van der Waals surface area contributed by atoms with Crippen molar-refractivity contribution in [2.75, 3.05) is 18.4 Å². The molecule has 17 heavy (non-hydrogen) atoms. The van der Waals surface area contributed by atoms with Crippen LogP contribution in [0.5, 0.6) is 0 Å². The molecule has 0 heterocycles. The molecule has 94 valence electrons. The number of amides is 1. The normalized spacial score (nSPS) is 10.3. The third kappa shape index (κ3) is 5.09. The molecule has 1 aromatic rings. The van der Waals surface area contributed by atoms with E-state index in [-0.39, 0.29) is 5.91 Å². The van der Waals surface area contributed by atoms with Gasteiger partial charge in [0.25, 0.3) is 0 Å². The molecule has 0 atom stereocenters. The topological polar surface area (TPSA) is 20.3 Å². The summed E-state index contributed by atoms with van der Waals surface area (Å²) >= 11 is 9.18. The van der Waals surface area contributed by atoms with E-state index in [9.17, 15) is 4.79 Å². The Morgan fingerprint density at radius 2 is 1.94 bits per heavy atom. The predicted molar refractivity (Wildman–Crippen MR) is 75.8 cm³/mol. The van der Waals surface area contributed by atoms with Crippen molar-refractivity contribution in [3.8, 4) is 0 Å². The number of hydrogen-bond acceptors (Lipinski definition) is 1. The van der Waals surface area contributed by atoms with Gasteiger partial charge in [-0.1, -0.05) is 46.6 Å². The molecule has 0 aliphatic rings. The fraction of sp³-hybridized carbons (Fsp3) is 0.462. The zero-order chi connectivity index (χ0) is 12.7. The summed E-state index contributed by atoms with van der Waals surface area (Å²) in [5.41, 5.74) is 1.01. The van der Waals surface area contributed by atoms with Gasteiger partial charge in [0.05, 0.1) is 6.42 Å². The van der Waals surface area contributed by atoms with Crippen molar-refractivity contribution in [3.63, 3.8) is 0 Å². The Morgan fingerprint density at radius 3 is 2.47 bits per heavy atom. The number of alkyl halides is 1. The molecular weight excluding hydrogens is 302 g/mol. The largest absolute Gasteiger partial charge is 0.342 e. The summed E-state index contributed by atoms with van der Waals surface area (Å²) in [6.45, 7) is 3.66. The summed E-state index contributed by atoms with van der Waals surface area (Å²) < 4.78 is 0. The summed E-state index contributed by atoms with van der Waals surface area (Å²) in [4.78, 5) is 13.9. The van der Waals surface area contributed by atoms with E-state index in [0.29, 0.717) is 11.4 Å². The fourth-order valence-corrected chi connectivity index (χ4v) is 2.18. The highest BCUT2D eigenvalue weighted by molar-refractivity contribution is 9.09. The number of hydrogen-bond donors (Lipinski definition) is 0. The monoisotopic (exact) mass is 317 g/mol. The maximum atomic E-state index is 12.0. The average molecular weight is 319 g/mol. The molecule has 1 amide bonds. The average Bonchev–Trinajstić information content (AvgIpc) is 2.32. The minimum absolute atomic E-state index is 0.175. The zero-order valence-corrected chi connectivity index (χ0v) is 12.3. The van der Waals surface area contributed by atoms with Gasteiger partial charge in [-0.3, -0.25) is 4.79 Å². The number of nitrogens with zero attached hydrogens (tertiary/aromatic N) is 1. The lowest BCUT2D eigenvalue weighted by Crippen LogP contribution is -2.34. The second kappa shape index (κ2) is 7.72. The minimum Gasteiger partial charge on any atom is -0.342 e. The lowest BCUT2D eigenvalue weighted by molar-refractivity contribution is -0.130. The van der Waals surface area contributed by atoms with E-state index in [1.807, 2.05) is 29.2 Å². The summed E-state index contributed by atoms with van der Waals surface area (Å²) in [7, 11) is 0. The van der Waals surface area contributed by atoms with Crippen molar-refractivity contribution >= 4 is 33.4 Å². The van der Waals surface area contributed by atoms with Crippen LogP contribution >= 0.6 is 27.5 Å². The molecule has 1 aromatic carbocycles. The van der Waals surface area contributed by atoms with Crippen LogP contribution in [0.15, 0.2) is 24.3 Å². The molecule has 0 aromatic heterocycles. The molecule has 1 rings (SSSR count). The maximum Gasteiger partial charge on any atom is 0.227 e. The number of rotatable bonds is 6. The van der Waals surface area contributed by atoms with Crippen LogP contribution in [0.4, 0.5) is 0 Å². The molecule has 0 radical (unpaired) electrons.